The molecule has 3 nitrogen and oxygen atoms in total. The maximum Gasteiger partial charge on any atom is 0.150 e. The van der Waals surface area contributed by atoms with Crippen LogP contribution in [0, 0.1) is 5.41 Å². The zero-order valence-corrected chi connectivity index (χ0v) is 11.4. The Labute approximate surface area is 99.1 Å². The van der Waals surface area contributed by atoms with Gasteiger partial charge in [0, 0.05) is 12.1 Å². The van der Waals surface area contributed by atoms with Gasteiger partial charge in [-0.3, -0.25) is 4.90 Å². The van der Waals surface area contributed by atoms with Gasteiger partial charge in [0.05, 0.1) is 11.5 Å². The molecule has 2 aliphatic heterocycles. The fraction of sp³-hybridized carbons (Fsp3) is 1.00. The highest BCUT2D eigenvalue weighted by Gasteiger charge is 2.46. The minimum absolute atomic E-state index is 0.0738. The standard InChI is InChI=1S/C12H23NO2S/c1-11(2,3)13-7-4-5-12(9-13)6-8-16(14,15)10-12/h4-10H2,1-3H3/t12-/m0/s1. The number of sulfone groups is 1. The topological polar surface area (TPSA) is 37.4 Å². The van der Waals surface area contributed by atoms with Gasteiger partial charge in [-0.05, 0) is 52.0 Å². The molecule has 2 rings (SSSR count). The summed E-state index contributed by atoms with van der Waals surface area (Å²) in [6.45, 7) is 8.74. The molecule has 4 heteroatoms. The summed E-state index contributed by atoms with van der Waals surface area (Å²) in [7, 11) is -2.75. The molecule has 0 radical (unpaired) electrons. The first-order valence-electron chi connectivity index (χ1n) is 6.18. The van der Waals surface area contributed by atoms with Crippen molar-refractivity contribution in [2.24, 2.45) is 5.41 Å². The summed E-state index contributed by atoms with van der Waals surface area (Å²) in [6, 6.07) is 0. The van der Waals surface area contributed by atoms with E-state index in [0.717, 1.165) is 32.4 Å². The first-order valence-corrected chi connectivity index (χ1v) is 8.00. The second-order valence-corrected chi connectivity index (χ2v) is 8.72. The smallest absolute Gasteiger partial charge is 0.150 e. The lowest BCUT2D eigenvalue weighted by molar-refractivity contribution is 0.0381. The minimum atomic E-state index is -2.75. The van der Waals surface area contributed by atoms with Crippen molar-refractivity contribution in [2.45, 2.75) is 45.6 Å². The highest BCUT2D eigenvalue weighted by atomic mass is 32.2. The predicted octanol–water partition coefficient (Wildman–Crippen LogP) is 1.69. The van der Waals surface area contributed by atoms with Crippen LogP contribution < -0.4 is 0 Å². The van der Waals surface area contributed by atoms with E-state index in [1.54, 1.807) is 0 Å². The molecule has 2 heterocycles. The molecule has 1 atom stereocenters. The molecule has 2 saturated heterocycles. The summed E-state index contributed by atoms with van der Waals surface area (Å²) in [5.41, 5.74) is 0.240. The van der Waals surface area contributed by atoms with Crippen LogP contribution in [0.5, 0.6) is 0 Å². The minimum Gasteiger partial charge on any atom is -0.298 e. The maximum absolute atomic E-state index is 11.6. The van der Waals surface area contributed by atoms with Crippen molar-refractivity contribution in [3.8, 4) is 0 Å². The Morgan fingerprint density at radius 3 is 2.38 bits per heavy atom. The van der Waals surface area contributed by atoms with E-state index in [1.165, 1.54) is 0 Å². The summed E-state index contributed by atoms with van der Waals surface area (Å²) in [5, 5.41) is 0. The summed E-state index contributed by atoms with van der Waals surface area (Å²) in [6.07, 6.45) is 3.12. The van der Waals surface area contributed by atoms with Gasteiger partial charge in [-0.1, -0.05) is 0 Å². The zero-order chi connectivity index (χ0) is 12.0. The van der Waals surface area contributed by atoms with Crippen molar-refractivity contribution in [3.05, 3.63) is 0 Å². The van der Waals surface area contributed by atoms with E-state index in [1.807, 2.05) is 0 Å². The molecule has 0 aromatic carbocycles. The predicted molar refractivity (Wildman–Crippen MR) is 66.3 cm³/mol. The van der Waals surface area contributed by atoms with E-state index in [0.29, 0.717) is 11.5 Å². The average Bonchev–Trinajstić information content (AvgIpc) is 2.40. The molecule has 94 valence electrons. The van der Waals surface area contributed by atoms with Gasteiger partial charge in [-0.15, -0.1) is 0 Å². The molecule has 0 bridgehead atoms. The zero-order valence-electron chi connectivity index (χ0n) is 10.6. The second kappa shape index (κ2) is 3.70. The molecule has 2 aliphatic rings. The monoisotopic (exact) mass is 245 g/mol. The molecular weight excluding hydrogens is 222 g/mol. The Morgan fingerprint density at radius 2 is 1.88 bits per heavy atom. The fourth-order valence-electron chi connectivity index (χ4n) is 3.09. The molecule has 0 N–H and O–H groups in total. The van der Waals surface area contributed by atoms with Crippen LogP contribution in [-0.4, -0.2) is 43.5 Å². The molecule has 0 aromatic heterocycles. The normalized spacial score (nSPS) is 35.7. The third-order valence-electron chi connectivity index (χ3n) is 4.08. The quantitative estimate of drug-likeness (QED) is 0.652. The first kappa shape index (κ1) is 12.4. The van der Waals surface area contributed by atoms with Crippen molar-refractivity contribution in [2.75, 3.05) is 24.6 Å². The maximum atomic E-state index is 11.6. The summed E-state index contributed by atoms with van der Waals surface area (Å²) >= 11 is 0. The number of rotatable bonds is 0. The third kappa shape index (κ3) is 2.43. The van der Waals surface area contributed by atoms with Crippen LogP contribution in [-0.2, 0) is 9.84 Å². The largest absolute Gasteiger partial charge is 0.298 e. The lowest BCUT2D eigenvalue weighted by Crippen LogP contribution is -2.51. The van der Waals surface area contributed by atoms with Gasteiger partial charge in [-0.25, -0.2) is 8.42 Å². The van der Waals surface area contributed by atoms with Gasteiger partial charge >= 0.3 is 0 Å². The van der Waals surface area contributed by atoms with E-state index in [-0.39, 0.29) is 11.0 Å². The summed E-state index contributed by atoms with van der Waals surface area (Å²) in [5.74, 6) is 0.831. The van der Waals surface area contributed by atoms with E-state index in [2.05, 4.69) is 25.7 Å². The number of piperidine rings is 1. The van der Waals surface area contributed by atoms with Gasteiger partial charge in [0.1, 0.15) is 0 Å². The molecule has 16 heavy (non-hydrogen) atoms. The van der Waals surface area contributed by atoms with Gasteiger partial charge in [0.25, 0.3) is 0 Å². The number of hydrogen-bond acceptors (Lipinski definition) is 3. The average molecular weight is 245 g/mol. The van der Waals surface area contributed by atoms with Crippen molar-refractivity contribution < 1.29 is 8.42 Å². The molecular formula is C12H23NO2S. The Kier molecular flexibility index (Phi) is 2.86. The van der Waals surface area contributed by atoms with Crippen molar-refractivity contribution in [3.63, 3.8) is 0 Å². The Hall–Kier alpha value is -0.0900. The molecule has 0 saturated carbocycles. The van der Waals surface area contributed by atoms with Crippen LogP contribution in [0.1, 0.15) is 40.0 Å². The van der Waals surface area contributed by atoms with Crippen LogP contribution in [0.25, 0.3) is 0 Å². The van der Waals surface area contributed by atoms with Crippen molar-refractivity contribution >= 4 is 9.84 Å². The van der Waals surface area contributed by atoms with Gasteiger partial charge in [0.15, 0.2) is 9.84 Å². The van der Waals surface area contributed by atoms with Crippen molar-refractivity contribution in [1.29, 1.82) is 0 Å². The molecule has 0 amide bonds. The summed E-state index contributed by atoms with van der Waals surface area (Å²) < 4.78 is 23.3. The van der Waals surface area contributed by atoms with E-state index < -0.39 is 9.84 Å². The Bertz CT molecular complexity index is 369. The highest BCUT2D eigenvalue weighted by Crippen LogP contribution is 2.41. The first-order chi connectivity index (χ1) is 7.23. The van der Waals surface area contributed by atoms with Crippen LogP contribution in [0.4, 0.5) is 0 Å². The lowest BCUT2D eigenvalue weighted by Gasteiger charge is -2.46. The number of likely N-dealkylation sites (tertiary alicyclic amines) is 1. The number of nitrogens with zero attached hydrogens (tertiary/aromatic N) is 1. The van der Waals surface area contributed by atoms with Crippen LogP contribution in [0.15, 0.2) is 0 Å². The SMILES string of the molecule is CC(C)(C)N1CCC[C@]2(CCS(=O)(=O)C2)C1. The van der Waals surface area contributed by atoms with Crippen LogP contribution in [0.2, 0.25) is 0 Å². The van der Waals surface area contributed by atoms with Gasteiger partial charge < -0.3 is 0 Å². The molecule has 0 aromatic rings. The molecule has 0 aliphatic carbocycles. The Balaban J connectivity index is 2.14. The number of hydrogen-bond donors (Lipinski definition) is 0. The van der Waals surface area contributed by atoms with E-state index in [4.69, 9.17) is 0 Å². The fourth-order valence-corrected chi connectivity index (χ4v) is 5.29. The van der Waals surface area contributed by atoms with E-state index in [9.17, 15) is 8.42 Å². The van der Waals surface area contributed by atoms with Crippen LogP contribution >= 0.6 is 0 Å². The van der Waals surface area contributed by atoms with Gasteiger partial charge in [0.2, 0.25) is 0 Å². The highest BCUT2D eigenvalue weighted by molar-refractivity contribution is 7.91. The molecule has 2 fully saturated rings. The lowest BCUT2D eigenvalue weighted by atomic mass is 9.78. The molecule has 0 unspecified atom stereocenters. The van der Waals surface area contributed by atoms with Gasteiger partial charge in [-0.2, -0.15) is 0 Å². The summed E-state index contributed by atoms with van der Waals surface area (Å²) in [4.78, 5) is 2.46. The third-order valence-corrected chi connectivity index (χ3v) is 5.96. The van der Waals surface area contributed by atoms with E-state index >= 15 is 0 Å². The van der Waals surface area contributed by atoms with Crippen LogP contribution in [0.3, 0.4) is 0 Å². The molecule has 1 spiro atoms. The second-order valence-electron chi connectivity index (χ2n) is 6.54. The van der Waals surface area contributed by atoms with Crippen molar-refractivity contribution in [1.82, 2.24) is 4.90 Å². The Morgan fingerprint density at radius 1 is 1.19 bits per heavy atom.